The predicted molar refractivity (Wildman–Crippen MR) is 72.1 cm³/mol. The second kappa shape index (κ2) is 5.83. The molecule has 0 bridgehead atoms. The number of aliphatic hydroxyl groups excluding tert-OH is 1. The van der Waals surface area contributed by atoms with Gasteiger partial charge in [0.1, 0.15) is 5.82 Å². The van der Waals surface area contributed by atoms with Gasteiger partial charge in [-0.2, -0.15) is 13.2 Å². The second-order valence-electron chi connectivity index (χ2n) is 4.16. The van der Waals surface area contributed by atoms with Crippen LogP contribution in [0.15, 0.2) is 34.1 Å². The molecule has 1 nitrogen and oxygen atoms in total. The highest BCUT2D eigenvalue weighted by Gasteiger charge is 2.34. The Labute approximate surface area is 125 Å². The monoisotopic (exact) mass is 368 g/mol. The van der Waals surface area contributed by atoms with E-state index >= 15 is 0 Å². The molecule has 108 valence electrons. The van der Waals surface area contributed by atoms with Gasteiger partial charge in [0.05, 0.1) is 15.5 Å². The summed E-state index contributed by atoms with van der Waals surface area (Å²) in [6.07, 6.45) is -5.70. The fourth-order valence-corrected chi connectivity index (χ4v) is 3.26. The minimum atomic E-state index is -4.77. The predicted octanol–water partition coefficient (Wildman–Crippen LogP) is 4.94. The third-order valence-electron chi connectivity index (χ3n) is 2.70. The lowest BCUT2D eigenvalue weighted by atomic mass is 10.0. The Morgan fingerprint density at radius 1 is 1.20 bits per heavy atom. The molecule has 0 amide bonds. The van der Waals surface area contributed by atoms with Gasteiger partial charge < -0.3 is 5.11 Å². The fraction of sp³-hybridized carbons (Fsp3) is 0.231. The Kier molecular flexibility index (Phi) is 4.51. The summed E-state index contributed by atoms with van der Waals surface area (Å²) in [7, 11) is 0. The van der Waals surface area contributed by atoms with Crippen LogP contribution in [0.4, 0.5) is 17.6 Å². The van der Waals surface area contributed by atoms with Crippen molar-refractivity contribution in [2.45, 2.75) is 18.7 Å². The number of rotatable bonds is 3. The Hall–Kier alpha value is -0.920. The number of aliphatic hydroxyl groups is 1. The highest BCUT2D eigenvalue weighted by Crippen LogP contribution is 2.34. The SMILES string of the molecule is OC(Cc1ccc(Br)s1)c1ccc(F)c(C(F)(F)F)c1. The molecule has 0 aliphatic heterocycles. The summed E-state index contributed by atoms with van der Waals surface area (Å²) >= 11 is 4.65. The third-order valence-corrected chi connectivity index (χ3v) is 4.35. The van der Waals surface area contributed by atoms with Crippen LogP contribution in [0.5, 0.6) is 0 Å². The maximum atomic E-state index is 13.2. The van der Waals surface area contributed by atoms with Gasteiger partial charge in [0.25, 0.3) is 0 Å². The van der Waals surface area contributed by atoms with Crippen molar-refractivity contribution >= 4 is 27.3 Å². The van der Waals surface area contributed by atoms with Crippen LogP contribution in [-0.2, 0) is 12.6 Å². The van der Waals surface area contributed by atoms with E-state index in [4.69, 9.17) is 0 Å². The summed E-state index contributed by atoms with van der Waals surface area (Å²) in [5.74, 6) is -1.34. The van der Waals surface area contributed by atoms with Gasteiger partial charge in [0.15, 0.2) is 0 Å². The van der Waals surface area contributed by atoms with E-state index in [1.807, 2.05) is 0 Å². The van der Waals surface area contributed by atoms with Crippen LogP contribution in [0.3, 0.4) is 0 Å². The summed E-state index contributed by atoms with van der Waals surface area (Å²) in [6, 6.07) is 6.11. The number of hydrogen-bond acceptors (Lipinski definition) is 2. The van der Waals surface area contributed by atoms with Gasteiger partial charge in [0, 0.05) is 11.3 Å². The number of thiophene rings is 1. The molecule has 0 aliphatic rings. The molecule has 0 saturated heterocycles. The largest absolute Gasteiger partial charge is 0.419 e. The van der Waals surface area contributed by atoms with Crippen LogP contribution in [0.25, 0.3) is 0 Å². The van der Waals surface area contributed by atoms with Crippen LogP contribution < -0.4 is 0 Å². The molecule has 1 heterocycles. The minimum Gasteiger partial charge on any atom is -0.388 e. The second-order valence-corrected chi connectivity index (χ2v) is 6.71. The van der Waals surface area contributed by atoms with E-state index in [1.54, 1.807) is 12.1 Å². The van der Waals surface area contributed by atoms with Crippen LogP contribution in [0.1, 0.15) is 22.1 Å². The summed E-state index contributed by atoms with van der Waals surface area (Å²) in [6.45, 7) is 0. The van der Waals surface area contributed by atoms with Crippen LogP contribution in [-0.4, -0.2) is 5.11 Å². The molecule has 1 atom stereocenters. The standard InChI is InChI=1S/C13H9BrF4OS/c14-12-4-2-8(20-12)6-11(19)7-1-3-10(15)9(5-7)13(16,17)18/h1-5,11,19H,6H2. The topological polar surface area (TPSA) is 20.2 Å². The molecule has 0 fully saturated rings. The first-order valence-electron chi connectivity index (χ1n) is 5.56. The van der Waals surface area contributed by atoms with E-state index in [9.17, 15) is 22.7 Å². The average molecular weight is 369 g/mol. The smallest absolute Gasteiger partial charge is 0.388 e. The normalized spacial score (nSPS) is 13.5. The third kappa shape index (κ3) is 3.59. The molecule has 20 heavy (non-hydrogen) atoms. The highest BCUT2D eigenvalue weighted by molar-refractivity contribution is 9.11. The first-order chi connectivity index (χ1) is 9.27. The highest BCUT2D eigenvalue weighted by atomic mass is 79.9. The number of hydrogen-bond donors (Lipinski definition) is 1. The first-order valence-corrected chi connectivity index (χ1v) is 7.17. The van der Waals surface area contributed by atoms with Gasteiger partial charge in [-0.25, -0.2) is 4.39 Å². The van der Waals surface area contributed by atoms with Crippen molar-refractivity contribution in [1.82, 2.24) is 0 Å². The van der Waals surface area contributed by atoms with Crippen molar-refractivity contribution in [2.75, 3.05) is 0 Å². The van der Waals surface area contributed by atoms with E-state index in [2.05, 4.69) is 15.9 Å². The zero-order valence-corrected chi connectivity index (χ0v) is 12.3. The Morgan fingerprint density at radius 3 is 2.45 bits per heavy atom. The van der Waals surface area contributed by atoms with Crippen LogP contribution in [0, 0.1) is 5.82 Å². The molecule has 1 N–H and O–H groups in total. The lowest BCUT2D eigenvalue weighted by Gasteiger charge is -2.13. The van der Waals surface area contributed by atoms with Crippen molar-refractivity contribution in [3.05, 3.63) is 55.9 Å². The number of benzene rings is 1. The average Bonchev–Trinajstić information content (AvgIpc) is 2.73. The van der Waals surface area contributed by atoms with Crippen molar-refractivity contribution in [2.24, 2.45) is 0 Å². The van der Waals surface area contributed by atoms with Gasteiger partial charge in [0.2, 0.25) is 0 Å². The summed E-state index contributed by atoms with van der Waals surface area (Å²) < 4.78 is 51.8. The molecule has 0 aliphatic carbocycles. The molecular weight excluding hydrogens is 360 g/mol. The number of halogens is 5. The Balaban J connectivity index is 2.24. The minimum absolute atomic E-state index is 0.0447. The molecule has 1 unspecified atom stereocenters. The van der Waals surface area contributed by atoms with E-state index in [0.29, 0.717) is 6.07 Å². The van der Waals surface area contributed by atoms with Gasteiger partial charge in [-0.05, 0) is 45.8 Å². The molecule has 0 spiro atoms. The fourth-order valence-electron chi connectivity index (χ4n) is 1.74. The van der Waals surface area contributed by atoms with Crippen LogP contribution >= 0.6 is 27.3 Å². The van der Waals surface area contributed by atoms with E-state index < -0.39 is 23.7 Å². The van der Waals surface area contributed by atoms with E-state index in [1.165, 1.54) is 11.3 Å². The first kappa shape index (κ1) is 15.5. The van der Waals surface area contributed by atoms with Gasteiger partial charge >= 0.3 is 6.18 Å². The number of alkyl halides is 3. The zero-order chi connectivity index (χ0) is 14.9. The van der Waals surface area contributed by atoms with Crippen molar-refractivity contribution in [1.29, 1.82) is 0 Å². The molecule has 0 radical (unpaired) electrons. The van der Waals surface area contributed by atoms with E-state index in [-0.39, 0.29) is 12.0 Å². The lowest BCUT2D eigenvalue weighted by Crippen LogP contribution is -2.10. The molecule has 7 heteroatoms. The summed E-state index contributed by atoms with van der Waals surface area (Å²) in [5.41, 5.74) is -1.32. The maximum absolute atomic E-state index is 13.2. The Bertz CT molecular complexity index is 609. The zero-order valence-electron chi connectivity index (χ0n) is 9.92. The molecule has 2 rings (SSSR count). The summed E-state index contributed by atoms with van der Waals surface area (Å²) in [5, 5.41) is 9.97. The van der Waals surface area contributed by atoms with E-state index in [0.717, 1.165) is 20.8 Å². The molecule has 1 aromatic heterocycles. The summed E-state index contributed by atoms with van der Waals surface area (Å²) in [4.78, 5) is 0.822. The van der Waals surface area contributed by atoms with Gasteiger partial charge in [-0.1, -0.05) is 6.07 Å². The van der Waals surface area contributed by atoms with Gasteiger partial charge in [-0.15, -0.1) is 11.3 Å². The molecule has 1 aromatic carbocycles. The van der Waals surface area contributed by atoms with Gasteiger partial charge in [-0.3, -0.25) is 0 Å². The lowest BCUT2D eigenvalue weighted by molar-refractivity contribution is -0.140. The van der Waals surface area contributed by atoms with Crippen LogP contribution in [0.2, 0.25) is 0 Å². The Morgan fingerprint density at radius 2 is 1.90 bits per heavy atom. The maximum Gasteiger partial charge on any atom is 0.419 e. The quantitative estimate of drug-likeness (QED) is 0.760. The van der Waals surface area contributed by atoms with Crippen molar-refractivity contribution in [3.8, 4) is 0 Å². The molecule has 0 saturated carbocycles. The molecular formula is C13H9BrF4OS. The van der Waals surface area contributed by atoms with Crippen molar-refractivity contribution < 1.29 is 22.7 Å². The van der Waals surface area contributed by atoms with Crippen molar-refractivity contribution in [3.63, 3.8) is 0 Å². The molecule has 2 aromatic rings.